The molecule has 4 nitrogen and oxygen atoms in total. The number of allylic oxidation sites excluding steroid dienone is 3. The fraction of sp³-hybridized carbons (Fsp3) is 0.500. The molecule has 0 saturated carbocycles. The van der Waals surface area contributed by atoms with Crippen LogP contribution in [-0.4, -0.2) is 34.5 Å². The Bertz CT molecular complexity index is 377. The SMILES string of the molecule is NC(=O)C1(C(O)(CF)C(O)(F)F)C=CC=CC1. The summed E-state index contributed by atoms with van der Waals surface area (Å²) < 4.78 is 38.7. The number of nitrogens with two attached hydrogens (primary N) is 1. The summed E-state index contributed by atoms with van der Waals surface area (Å²) in [6, 6.07) is 0. The van der Waals surface area contributed by atoms with Gasteiger partial charge in [-0.25, -0.2) is 4.39 Å². The van der Waals surface area contributed by atoms with Gasteiger partial charge in [0.15, 0.2) is 0 Å². The van der Waals surface area contributed by atoms with E-state index in [4.69, 9.17) is 10.8 Å². The minimum Gasteiger partial charge on any atom is -0.378 e. The Morgan fingerprint density at radius 2 is 2.00 bits per heavy atom. The van der Waals surface area contributed by atoms with Crippen molar-refractivity contribution in [2.75, 3.05) is 6.67 Å². The van der Waals surface area contributed by atoms with Gasteiger partial charge in [-0.2, -0.15) is 8.78 Å². The zero-order chi connectivity index (χ0) is 13.3. The summed E-state index contributed by atoms with van der Waals surface area (Å²) in [7, 11) is 0. The smallest absolute Gasteiger partial charge is 0.378 e. The topological polar surface area (TPSA) is 83.6 Å². The van der Waals surface area contributed by atoms with E-state index in [1.165, 1.54) is 18.2 Å². The molecule has 0 aliphatic heterocycles. The second-order valence-electron chi connectivity index (χ2n) is 3.86. The lowest BCUT2D eigenvalue weighted by Gasteiger charge is -2.43. The first kappa shape index (κ1) is 13.7. The molecule has 0 fully saturated rings. The summed E-state index contributed by atoms with van der Waals surface area (Å²) in [4.78, 5) is 11.3. The molecule has 7 heteroatoms. The third kappa shape index (κ3) is 1.85. The van der Waals surface area contributed by atoms with Crippen LogP contribution in [0.15, 0.2) is 24.3 Å². The quantitative estimate of drug-likeness (QED) is 0.670. The number of rotatable bonds is 4. The number of carbonyl (C=O) groups excluding carboxylic acids is 1. The average Bonchev–Trinajstić information content (AvgIpc) is 2.27. The van der Waals surface area contributed by atoms with Crippen molar-refractivity contribution in [3.63, 3.8) is 0 Å². The number of halogens is 3. The van der Waals surface area contributed by atoms with E-state index in [1.807, 2.05) is 0 Å². The molecule has 2 atom stereocenters. The van der Waals surface area contributed by atoms with Crippen molar-refractivity contribution in [2.45, 2.75) is 18.1 Å². The van der Waals surface area contributed by atoms with Crippen LogP contribution < -0.4 is 5.73 Å². The van der Waals surface area contributed by atoms with Gasteiger partial charge in [-0.15, -0.1) is 0 Å². The lowest BCUT2D eigenvalue weighted by atomic mass is 9.67. The van der Waals surface area contributed by atoms with Crippen molar-refractivity contribution >= 4 is 5.91 Å². The molecule has 2 unspecified atom stereocenters. The van der Waals surface area contributed by atoms with E-state index in [9.17, 15) is 23.1 Å². The molecule has 1 amide bonds. The Kier molecular flexibility index (Phi) is 3.35. The van der Waals surface area contributed by atoms with Crippen LogP contribution in [0.3, 0.4) is 0 Å². The highest BCUT2D eigenvalue weighted by Gasteiger charge is 2.66. The number of carbonyl (C=O) groups is 1. The van der Waals surface area contributed by atoms with Crippen LogP contribution in [0.4, 0.5) is 13.2 Å². The first-order chi connectivity index (χ1) is 7.71. The molecule has 1 rings (SSSR count). The van der Waals surface area contributed by atoms with Crippen molar-refractivity contribution in [1.82, 2.24) is 0 Å². The Morgan fingerprint density at radius 1 is 1.41 bits per heavy atom. The molecule has 0 aromatic carbocycles. The van der Waals surface area contributed by atoms with Crippen LogP contribution in [0.5, 0.6) is 0 Å². The molecule has 0 radical (unpaired) electrons. The monoisotopic (exact) mass is 251 g/mol. The Labute approximate surface area is 95.2 Å². The highest BCUT2D eigenvalue weighted by atomic mass is 19.3. The zero-order valence-electron chi connectivity index (χ0n) is 8.74. The summed E-state index contributed by atoms with van der Waals surface area (Å²) >= 11 is 0. The summed E-state index contributed by atoms with van der Waals surface area (Å²) in [6.07, 6.45) is -0.464. The fourth-order valence-corrected chi connectivity index (χ4v) is 1.78. The predicted molar refractivity (Wildman–Crippen MR) is 52.6 cm³/mol. The summed E-state index contributed by atoms with van der Waals surface area (Å²) in [5.41, 5.74) is -1.01. The molecule has 17 heavy (non-hydrogen) atoms. The summed E-state index contributed by atoms with van der Waals surface area (Å²) in [5.74, 6) is -1.34. The molecule has 0 saturated heterocycles. The number of amides is 1. The molecule has 0 spiro atoms. The van der Waals surface area contributed by atoms with E-state index in [0.717, 1.165) is 6.08 Å². The molecule has 1 aliphatic rings. The maximum Gasteiger partial charge on any atom is 0.386 e. The molecule has 0 bridgehead atoms. The van der Waals surface area contributed by atoms with Crippen molar-refractivity contribution < 1.29 is 28.2 Å². The predicted octanol–water partition coefficient (Wildman–Crippen LogP) is 0.260. The maximum absolute atomic E-state index is 13.0. The molecule has 0 aromatic heterocycles. The Hall–Kier alpha value is -1.34. The Balaban J connectivity index is 3.37. The molecule has 4 N–H and O–H groups in total. The van der Waals surface area contributed by atoms with Gasteiger partial charge in [0.25, 0.3) is 0 Å². The number of hydrogen-bond acceptors (Lipinski definition) is 3. The van der Waals surface area contributed by atoms with E-state index < -0.39 is 36.1 Å². The van der Waals surface area contributed by atoms with E-state index in [2.05, 4.69) is 0 Å². The summed E-state index contributed by atoms with van der Waals surface area (Å²) in [6.45, 7) is -2.02. The van der Waals surface area contributed by atoms with Crippen LogP contribution in [0.2, 0.25) is 0 Å². The normalized spacial score (nSPS) is 27.8. The van der Waals surface area contributed by atoms with Crippen LogP contribution >= 0.6 is 0 Å². The van der Waals surface area contributed by atoms with Crippen molar-refractivity contribution in [3.8, 4) is 0 Å². The molecular weight excluding hydrogens is 239 g/mol. The molecule has 96 valence electrons. The minimum absolute atomic E-state index is 0.421. The van der Waals surface area contributed by atoms with Gasteiger partial charge in [0.2, 0.25) is 11.5 Å². The number of hydrogen-bond donors (Lipinski definition) is 3. The van der Waals surface area contributed by atoms with Crippen molar-refractivity contribution in [3.05, 3.63) is 24.3 Å². The van der Waals surface area contributed by atoms with E-state index in [0.29, 0.717) is 0 Å². The van der Waals surface area contributed by atoms with Crippen LogP contribution in [0.1, 0.15) is 6.42 Å². The Morgan fingerprint density at radius 3 is 2.29 bits per heavy atom. The first-order valence-corrected chi connectivity index (χ1v) is 4.74. The van der Waals surface area contributed by atoms with Gasteiger partial charge in [0.05, 0.1) is 0 Å². The van der Waals surface area contributed by atoms with Gasteiger partial charge in [0.1, 0.15) is 12.1 Å². The third-order valence-electron chi connectivity index (χ3n) is 2.94. The van der Waals surface area contributed by atoms with Crippen LogP contribution in [-0.2, 0) is 4.79 Å². The van der Waals surface area contributed by atoms with Crippen molar-refractivity contribution in [2.24, 2.45) is 11.1 Å². The van der Waals surface area contributed by atoms with Gasteiger partial charge in [-0.1, -0.05) is 24.3 Å². The average molecular weight is 251 g/mol. The molecule has 0 heterocycles. The number of aliphatic hydroxyl groups is 2. The van der Waals surface area contributed by atoms with E-state index in [-0.39, 0.29) is 0 Å². The van der Waals surface area contributed by atoms with Gasteiger partial charge in [0, 0.05) is 0 Å². The second-order valence-corrected chi connectivity index (χ2v) is 3.86. The lowest BCUT2D eigenvalue weighted by molar-refractivity contribution is -0.332. The summed E-state index contributed by atoms with van der Waals surface area (Å²) in [5, 5.41) is 18.3. The van der Waals surface area contributed by atoms with Gasteiger partial charge in [-0.3, -0.25) is 4.79 Å². The molecular formula is C10H12F3NO3. The zero-order valence-corrected chi connectivity index (χ0v) is 8.74. The highest BCUT2D eigenvalue weighted by Crippen LogP contribution is 2.46. The molecule has 0 aromatic rings. The van der Waals surface area contributed by atoms with E-state index >= 15 is 0 Å². The lowest BCUT2D eigenvalue weighted by Crippen LogP contribution is -2.65. The van der Waals surface area contributed by atoms with E-state index in [1.54, 1.807) is 0 Å². The fourth-order valence-electron chi connectivity index (χ4n) is 1.78. The van der Waals surface area contributed by atoms with Gasteiger partial charge in [-0.05, 0) is 6.42 Å². The van der Waals surface area contributed by atoms with Crippen LogP contribution in [0, 0.1) is 5.41 Å². The number of alkyl halides is 3. The highest BCUT2D eigenvalue weighted by molar-refractivity contribution is 5.85. The van der Waals surface area contributed by atoms with Gasteiger partial charge >= 0.3 is 6.11 Å². The largest absolute Gasteiger partial charge is 0.386 e. The minimum atomic E-state index is -4.80. The molecule has 1 aliphatic carbocycles. The number of primary amides is 1. The first-order valence-electron chi connectivity index (χ1n) is 4.74. The van der Waals surface area contributed by atoms with Gasteiger partial charge < -0.3 is 15.9 Å². The second kappa shape index (κ2) is 4.15. The van der Waals surface area contributed by atoms with Crippen molar-refractivity contribution in [1.29, 1.82) is 0 Å². The standard InChI is InChI=1S/C10H12F3NO3/c11-6-9(16,10(12,13)17)8(7(14)15)4-2-1-3-5-8/h1-4,16-17H,5-6H2,(H2,14,15). The third-order valence-corrected chi connectivity index (χ3v) is 2.94. The van der Waals surface area contributed by atoms with Crippen LogP contribution in [0.25, 0.3) is 0 Å². The maximum atomic E-state index is 13.0.